The van der Waals surface area contributed by atoms with Crippen molar-refractivity contribution in [2.24, 2.45) is 0 Å². The number of thiophene rings is 1. The van der Waals surface area contributed by atoms with Crippen LogP contribution in [0.3, 0.4) is 0 Å². The first-order chi connectivity index (χ1) is 10.3. The molecule has 0 atom stereocenters. The highest BCUT2D eigenvalue weighted by molar-refractivity contribution is 7.08. The molecular formula is C16H11N3OS. The summed E-state index contributed by atoms with van der Waals surface area (Å²) in [5.74, 6) is 0. The van der Waals surface area contributed by atoms with E-state index in [0.29, 0.717) is 0 Å². The van der Waals surface area contributed by atoms with Gasteiger partial charge in [-0.1, -0.05) is 0 Å². The molecule has 4 aromatic heterocycles. The molecule has 0 radical (unpaired) electrons. The van der Waals surface area contributed by atoms with Gasteiger partial charge >= 0.3 is 0 Å². The first-order valence-electron chi connectivity index (χ1n) is 6.51. The van der Waals surface area contributed by atoms with Gasteiger partial charge in [-0.15, -0.1) is 0 Å². The molecule has 5 heteroatoms. The Kier molecular flexibility index (Phi) is 2.72. The summed E-state index contributed by atoms with van der Waals surface area (Å²) in [6.07, 6.45) is 3.64. The Hall–Kier alpha value is -2.66. The van der Waals surface area contributed by atoms with Gasteiger partial charge in [-0.2, -0.15) is 11.3 Å². The van der Waals surface area contributed by atoms with Gasteiger partial charge in [0.15, 0.2) is 0 Å². The second-order valence-electron chi connectivity index (χ2n) is 4.76. The SMILES string of the molecule is O=c1cc(-c2c[nH]c3ncccc23)cc(-c2ccsc2)[nH]1. The second-order valence-corrected chi connectivity index (χ2v) is 5.54. The summed E-state index contributed by atoms with van der Waals surface area (Å²) in [4.78, 5) is 22.3. The topological polar surface area (TPSA) is 61.5 Å². The van der Waals surface area contributed by atoms with Gasteiger partial charge in [-0.3, -0.25) is 4.79 Å². The summed E-state index contributed by atoms with van der Waals surface area (Å²) >= 11 is 1.61. The number of hydrogen-bond acceptors (Lipinski definition) is 3. The van der Waals surface area contributed by atoms with Crippen LogP contribution in [0.1, 0.15) is 0 Å². The first-order valence-corrected chi connectivity index (χ1v) is 7.45. The number of hydrogen-bond donors (Lipinski definition) is 2. The Labute approximate surface area is 124 Å². The third kappa shape index (κ3) is 2.08. The molecule has 0 saturated carbocycles. The quantitative estimate of drug-likeness (QED) is 0.592. The van der Waals surface area contributed by atoms with E-state index >= 15 is 0 Å². The van der Waals surface area contributed by atoms with Crippen molar-refractivity contribution in [3.8, 4) is 22.4 Å². The third-order valence-electron chi connectivity index (χ3n) is 3.44. The summed E-state index contributed by atoms with van der Waals surface area (Å²) in [6, 6.07) is 9.51. The molecule has 4 nitrogen and oxygen atoms in total. The van der Waals surface area contributed by atoms with Gasteiger partial charge < -0.3 is 9.97 Å². The van der Waals surface area contributed by atoms with E-state index in [9.17, 15) is 4.79 Å². The fourth-order valence-electron chi connectivity index (χ4n) is 2.47. The van der Waals surface area contributed by atoms with E-state index in [-0.39, 0.29) is 5.56 Å². The standard InChI is InChI=1S/C16H11N3OS/c20-15-7-11(6-14(19-15)10-3-5-21-9-10)13-8-18-16-12(13)2-1-4-17-16/h1-9H,(H,17,18)(H,19,20). The number of nitrogens with zero attached hydrogens (tertiary/aromatic N) is 1. The Morgan fingerprint density at radius 3 is 2.95 bits per heavy atom. The highest BCUT2D eigenvalue weighted by Crippen LogP contribution is 2.29. The number of nitrogens with one attached hydrogen (secondary N) is 2. The van der Waals surface area contributed by atoms with E-state index in [4.69, 9.17) is 0 Å². The van der Waals surface area contributed by atoms with E-state index in [0.717, 1.165) is 33.4 Å². The van der Waals surface area contributed by atoms with E-state index in [1.807, 2.05) is 41.2 Å². The fraction of sp³-hybridized carbons (Fsp3) is 0. The van der Waals surface area contributed by atoms with Crippen molar-refractivity contribution in [2.45, 2.75) is 0 Å². The zero-order chi connectivity index (χ0) is 14.2. The maximum Gasteiger partial charge on any atom is 0.249 e. The van der Waals surface area contributed by atoms with E-state index < -0.39 is 0 Å². The summed E-state index contributed by atoms with van der Waals surface area (Å²) in [5, 5.41) is 5.03. The molecule has 0 aliphatic carbocycles. The van der Waals surface area contributed by atoms with Gasteiger partial charge in [0.05, 0.1) is 0 Å². The number of fused-ring (bicyclic) bond motifs is 1. The van der Waals surface area contributed by atoms with Crippen LogP contribution in [0.15, 0.2) is 58.3 Å². The van der Waals surface area contributed by atoms with Gasteiger partial charge in [-0.05, 0) is 35.2 Å². The van der Waals surface area contributed by atoms with Gasteiger partial charge in [0.2, 0.25) is 5.56 Å². The summed E-state index contributed by atoms with van der Waals surface area (Å²) < 4.78 is 0. The third-order valence-corrected chi connectivity index (χ3v) is 4.12. The van der Waals surface area contributed by atoms with Crippen molar-refractivity contribution in [3.05, 3.63) is 63.8 Å². The summed E-state index contributed by atoms with van der Waals surface area (Å²) in [7, 11) is 0. The minimum absolute atomic E-state index is 0.105. The average molecular weight is 293 g/mol. The number of pyridine rings is 2. The predicted octanol–water partition coefficient (Wildman–Crippen LogP) is 3.65. The van der Waals surface area contributed by atoms with Crippen LogP contribution in [-0.2, 0) is 0 Å². The highest BCUT2D eigenvalue weighted by Gasteiger charge is 2.09. The van der Waals surface area contributed by atoms with Crippen LogP contribution in [0.2, 0.25) is 0 Å². The summed E-state index contributed by atoms with van der Waals surface area (Å²) in [6.45, 7) is 0. The molecule has 0 unspecified atom stereocenters. The molecule has 4 aromatic rings. The van der Waals surface area contributed by atoms with Gasteiger partial charge in [0.1, 0.15) is 5.65 Å². The Morgan fingerprint density at radius 1 is 1.14 bits per heavy atom. The molecule has 0 bridgehead atoms. The lowest BCUT2D eigenvalue weighted by Crippen LogP contribution is -2.05. The van der Waals surface area contributed by atoms with Crippen LogP contribution < -0.4 is 5.56 Å². The minimum Gasteiger partial charge on any atom is -0.346 e. The lowest BCUT2D eigenvalue weighted by atomic mass is 10.0. The molecule has 102 valence electrons. The van der Waals surface area contributed by atoms with Crippen LogP contribution in [0, 0.1) is 0 Å². The maximum atomic E-state index is 12.0. The fourth-order valence-corrected chi connectivity index (χ4v) is 3.12. The molecule has 2 N–H and O–H groups in total. The van der Waals surface area contributed by atoms with Gasteiger partial charge in [-0.25, -0.2) is 4.98 Å². The average Bonchev–Trinajstić information content (AvgIpc) is 3.16. The Balaban J connectivity index is 1.95. The highest BCUT2D eigenvalue weighted by atomic mass is 32.1. The van der Waals surface area contributed by atoms with E-state index in [1.165, 1.54) is 0 Å². The van der Waals surface area contributed by atoms with Crippen LogP contribution in [-0.4, -0.2) is 15.0 Å². The molecule has 0 fully saturated rings. The van der Waals surface area contributed by atoms with Gasteiger partial charge in [0, 0.05) is 46.0 Å². The first kappa shape index (κ1) is 12.1. The zero-order valence-corrected chi connectivity index (χ0v) is 11.8. The van der Waals surface area contributed by atoms with E-state index in [1.54, 1.807) is 23.6 Å². The Morgan fingerprint density at radius 2 is 2.10 bits per heavy atom. The molecule has 0 spiro atoms. The second kappa shape index (κ2) is 4.71. The van der Waals surface area contributed by atoms with Crippen LogP contribution in [0.4, 0.5) is 0 Å². The van der Waals surface area contributed by atoms with Crippen LogP contribution in [0.5, 0.6) is 0 Å². The minimum atomic E-state index is -0.105. The largest absolute Gasteiger partial charge is 0.346 e. The lowest BCUT2D eigenvalue weighted by Gasteiger charge is -2.03. The van der Waals surface area contributed by atoms with E-state index in [2.05, 4.69) is 15.0 Å². The lowest BCUT2D eigenvalue weighted by molar-refractivity contribution is 1.25. The predicted molar refractivity (Wildman–Crippen MR) is 85.5 cm³/mol. The van der Waals surface area contributed by atoms with Crippen LogP contribution >= 0.6 is 11.3 Å². The normalized spacial score (nSPS) is 11.0. The maximum absolute atomic E-state index is 12.0. The van der Waals surface area contributed by atoms with Crippen molar-refractivity contribution in [2.75, 3.05) is 0 Å². The molecule has 0 aliphatic rings. The summed E-state index contributed by atoms with van der Waals surface area (Å²) in [5.41, 5.74) is 4.45. The zero-order valence-electron chi connectivity index (χ0n) is 11.0. The molecule has 0 amide bonds. The number of aromatic amines is 2. The van der Waals surface area contributed by atoms with Crippen molar-refractivity contribution in [1.29, 1.82) is 0 Å². The van der Waals surface area contributed by atoms with Crippen molar-refractivity contribution in [1.82, 2.24) is 15.0 Å². The van der Waals surface area contributed by atoms with Crippen molar-refractivity contribution < 1.29 is 0 Å². The number of H-pyrrole nitrogens is 2. The van der Waals surface area contributed by atoms with Gasteiger partial charge in [0.25, 0.3) is 0 Å². The smallest absolute Gasteiger partial charge is 0.249 e. The molecule has 4 heterocycles. The van der Waals surface area contributed by atoms with Crippen LogP contribution in [0.25, 0.3) is 33.4 Å². The number of aromatic nitrogens is 3. The molecule has 4 rings (SSSR count). The molecule has 0 aliphatic heterocycles. The van der Waals surface area contributed by atoms with Crippen molar-refractivity contribution in [3.63, 3.8) is 0 Å². The monoisotopic (exact) mass is 293 g/mol. The molecule has 21 heavy (non-hydrogen) atoms. The molecule has 0 saturated heterocycles. The molecular weight excluding hydrogens is 282 g/mol. The Bertz CT molecular complexity index is 967. The molecule has 0 aromatic carbocycles. The number of rotatable bonds is 2. The van der Waals surface area contributed by atoms with Crippen molar-refractivity contribution >= 4 is 22.4 Å².